The van der Waals surface area contributed by atoms with E-state index >= 15 is 0 Å². The fourth-order valence-electron chi connectivity index (χ4n) is 5.18. The third-order valence-electron chi connectivity index (χ3n) is 6.75. The van der Waals surface area contributed by atoms with Gasteiger partial charge in [0, 0.05) is 44.7 Å². The van der Waals surface area contributed by atoms with Gasteiger partial charge in [0.05, 0.1) is 11.2 Å². The van der Waals surface area contributed by atoms with E-state index in [1.54, 1.807) is 18.0 Å². The second-order valence-corrected chi connectivity index (χ2v) is 8.30. The summed E-state index contributed by atoms with van der Waals surface area (Å²) in [6.07, 6.45) is 15.0. The number of fused-ring (bicyclic) bond motifs is 1. The lowest BCUT2D eigenvalue weighted by atomic mass is 9.78. The lowest BCUT2D eigenvalue weighted by Gasteiger charge is -2.44. The summed E-state index contributed by atoms with van der Waals surface area (Å²) in [6, 6.07) is 4.22. The Morgan fingerprint density at radius 3 is 3.07 bits per heavy atom. The number of likely N-dealkylation sites (tertiary alicyclic amines) is 1. The van der Waals surface area contributed by atoms with Gasteiger partial charge in [-0.1, -0.05) is 11.6 Å². The Balaban J connectivity index is 1.43. The number of methoxy groups -OCH3 is 1. The average molecular weight is 370 g/mol. The van der Waals surface area contributed by atoms with E-state index in [0.29, 0.717) is 11.6 Å². The third kappa shape index (κ3) is 3.94. The van der Waals surface area contributed by atoms with Crippen LogP contribution < -0.4 is 5.32 Å². The minimum atomic E-state index is -0.0369. The number of rotatable bonds is 5. The lowest BCUT2D eigenvalue weighted by Crippen LogP contribution is -2.55. The predicted molar refractivity (Wildman–Crippen MR) is 106 cm³/mol. The molecular formula is C22H31N3O2. The molecule has 3 atom stereocenters. The van der Waals surface area contributed by atoms with E-state index in [1.807, 2.05) is 19.2 Å². The molecule has 0 unspecified atom stereocenters. The number of amides is 1. The van der Waals surface area contributed by atoms with Crippen molar-refractivity contribution in [2.45, 2.75) is 69.1 Å². The van der Waals surface area contributed by atoms with Crippen molar-refractivity contribution in [3.8, 4) is 0 Å². The molecule has 0 radical (unpaired) electrons. The fourth-order valence-corrected chi connectivity index (χ4v) is 5.18. The normalized spacial score (nSPS) is 31.2. The molecule has 5 nitrogen and oxygen atoms in total. The minimum Gasteiger partial charge on any atom is -0.377 e. The number of hydrogen-bond acceptors (Lipinski definition) is 4. The molecule has 1 saturated heterocycles. The number of ether oxygens (including phenoxy) is 1. The zero-order chi connectivity index (χ0) is 18.7. The Kier molecular flexibility index (Phi) is 5.60. The number of nitrogens with zero attached hydrogens (tertiary/aromatic N) is 2. The van der Waals surface area contributed by atoms with Crippen LogP contribution in [0.15, 0.2) is 36.2 Å². The topological polar surface area (TPSA) is 54.5 Å². The van der Waals surface area contributed by atoms with Crippen LogP contribution in [0.1, 0.15) is 61.7 Å². The van der Waals surface area contributed by atoms with E-state index in [0.717, 1.165) is 38.8 Å². The van der Waals surface area contributed by atoms with E-state index in [2.05, 4.69) is 21.3 Å². The molecular weight excluding hydrogens is 338 g/mol. The highest BCUT2D eigenvalue weighted by Gasteiger charge is 2.51. The molecule has 1 aliphatic heterocycles. The molecule has 1 saturated carbocycles. The predicted octanol–water partition coefficient (Wildman–Crippen LogP) is 3.32. The van der Waals surface area contributed by atoms with Crippen LogP contribution in [-0.2, 0) is 4.74 Å². The van der Waals surface area contributed by atoms with Gasteiger partial charge in [0.1, 0.15) is 0 Å². The number of carbonyl (C=O) groups excluding carboxylic acids is 1. The number of allylic oxidation sites excluding steroid dienone is 1. The van der Waals surface area contributed by atoms with Crippen LogP contribution >= 0.6 is 0 Å². The van der Waals surface area contributed by atoms with Gasteiger partial charge in [-0.05, 0) is 63.5 Å². The maximum Gasteiger partial charge on any atom is 0.253 e. The molecule has 27 heavy (non-hydrogen) atoms. The Morgan fingerprint density at radius 1 is 1.41 bits per heavy atom. The summed E-state index contributed by atoms with van der Waals surface area (Å²) in [5, 5.41) is 3.24. The lowest BCUT2D eigenvalue weighted by molar-refractivity contribution is -0.0655. The zero-order valence-electron chi connectivity index (χ0n) is 16.3. The first-order valence-corrected chi connectivity index (χ1v) is 10.4. The summed E-state index contributed by atoms with van der Waals surface area (Å²) >= 11 is 0. The van der Waals surface area contributed by atoms with Gasteiger partial charge >= 0.3 is 0 Å². The Hall–Kier alpha value is -1.72. The Bertz CT molecular complexity index is 690. The molecule has 1 aromatic heterocycles. The van der Waals surface area contributed by atoms with E-state index in [-0.39, 0.29) is 17.6 Å². The van der Waals surface area contributed by atoms with Crippen LogP contribution in [-0.4, -0.2) is 53.7 Å². The highest BCUT2D eigenvalue weighted by Crippen LogP contribution is 2.43. The zero-order valence-corrected chi connectivity index (χ0v) is 16.3. The monoisotopic (exact) mass is 369 g/mol. The van der Waals surface area contributed by atoms with Crippen molar-refractivity contribution < 1.29 is 9.53 Å². The molecule has 5 heteroatoms. The summed E-state index contributed by atoms with van der Waals surface area (Å²) in [4.78, 5) is 19.2. The van der Waals surface area contributed by atoms with Crippen molar-refractivity contribution in [2.75, 3.05) is 20.2 Å². The molecule has 2 fully saturated rings. The van der Waals surface area contributed by atoms with Crippen LogP contribution in [0.3, 0.4) is 0 Å². The number of nitrogens with one attached hydrogen (secondary N) is 1. The largest absolute Gasteiger partial charge is 0.377 e. The molecule has 1 aromatic rings. The second-order valence-electron chi connectivity index (χ2n) is 8.30. The summed E-state index contributed by atoms with van der Waals surface area (Å²) in [7, 11) is 1.87. The summed E-state index contributed by atoms with van der Waals surface area (Å²) in [6.45, 7) is 2.16. The molecule has 146 valence electrons. The van der Waals surface area contributed by atoms with Gasteiger partial charge in [0.2, 0.25) is 0 Å². The number of carbonyl (C=O) groups is 1. The molecule has 4 rings (SSSR count). The number of hydrogen-bond donors (Lipinski definition) is 1. The minimum absolute atomic E-state index is 0.0162. The van der Waals surface area contributed by atoms with Gasteiger partial charge < -0.3 is 10.1 Å². The number of aromatic nitrogens is 1. The molecule has 0 bridgehead atoms. The van der Waals surface area contributed by atoms with Gasteiger partial charge in [0.15, 0.2) is 0 Å². The summed E-state index contributed by atoms with van der Waals surface area (Å²) < 4.78 is 6.08. The average Bonchev–Trinajstić information content (AvgIpc) is 3.08. The third-order valence-corrected chi connectivity index (χ3v) is 6.75. The summed E-state index contributed by atoms with van der Waals surface area (Å²) in [5.41, 5.74) is 2.19. The van der Waals surface area contributed by atoms with Gasteiger partial charge in [-0.2, -0.15) is 0 Å². The van der Waals surface area contributed by atoms with Gasteiger partial charge in [-0.15, -0.1) is 0 Å². The SMILES string of the molecule is CO[C@@]12CC[C@@H](NC(=O)c3cccnc3)C[C@@H]1N(CC1=CCCCC1)CC2. The standard InChI is InChI=1S/C22H31N3O2/c1-27-22-10-9-19(24-21(26)18-8-5-12-23-15-18)14-20(22)25(13-11-22)16-17-6-3-2-4-7-17/h5-6,8,12,15,19-20H,2-4,7,9-11,13-14,16H2,1H3,(H,24,26)/t19-,20+,22-/m1/s1. The van der Waals surface area contributed by atoms with Crippen molar-refractivity contribution in [3.63, 3.8) is 0 Å². The fraction of sp³-hybridized carbons (Fsp3) is 0.636. The van der Waals surface area contributed by atoms with Crippen LogP contribution in [0.2, 0.25) is 0 Å². The Morgan fingerprint density at radius 2 is 2.33 bits per heavy atom. The highest BCUT2D eigenvalue weighted by molar-refractivity contribution is 5.94. The van der Waals surface area contributed by atoms with Crippen LogP contribution in [0, 0.1) is 0 Å². The first kappa shape index (κ1) is 18.6. The second kappa shape index (κ2) is 8.11. The van der Waals surface area contributed by atoms with E-state index in [9.17, 15) is 4.79 Å². The maximum atomic E-state index is 12.5. The van der Waals surface area contributed by atoms with Crippen molar-refractivity contribution in [3.05, 3.63) is 41.7 Å². The molecule has 2 aliphatic carbocycles. The van der Waals surface area contributed by atoms with Crippen LogP contribution in [0.25, 0.3) is 0 Å². The first-order valence-electron chi connectivity index (χ1n) is 10.4. The van der Waals surface area contributed by atoms with Gasteiger partial charge in [-0.3, -0.25) is 14.7 Å². The smallest absolute Gasteiger partial charge is 0.253 e. The van der Waals surface area contributed by atoms with Crippen molar-refractivity contribution in [1.82, 2.24) is 15.2 Å². The van der Waals surface area contributed by atoms with Crippen molar-refractivity contribution in [2.24, 2.45) is 0 Å². The molecule has 0 spiro atoms. The summed E-state index contributed by atoms with van der Waals surface area (Å²) in [5.74, 6) is -0.0162. The molecule has 0 aromatic carbocycles. The highest BCUT2D eigenvalue weighted by atomic mass is 16.5. The van der Waals surface area contributed by atoms with Crippen LogP contribution in [0.4, 0.5) is 0 Å². The maximum absolute atomic E-state index is 12.5. The van der Waals surface area contributed by atoms with E-state index in [1.165, 1.54) is 25.7 Å². The van der Waals surface area contributed by atoms with Gasteiger partial charge in [-0.25, -0.2) is 0 Å². The van der Waals surface area contributed by atoms with Gasteiger partial charge in [0.25, 0.3) is 5.91 Å². The van der Waals surface area contributed by atoms with Crippen LogP contribution in [0.5, 0.6) is 0 Å². The molecule has 1 amide bonds. The molecule has 3 aliphatic rings. The van der Waals surface area contributed by atoms with Crippen molar-refractivity contribution in [1.29, 1.82) is 0 Å². The molecule has 2 heterocycles. The Labute approximate surface area is 162 Å². The van der Waals surface area contributed by atoms with E-state index in [4.69, 9.17) is 4.74 Å². The first-order chi connectivity index (χ1) is 13.2. The molecule has 1 N–H and O–H groups in total. The number of pyridine rings is 1. The van der Waals surface area contributed by atoms with Crippen molar-refractivity contribution >= 4 is 5.91 Å². The van der Waals surface area contributed by atoms with E-state index < -0.39 is 0 Å². The quantitative estimate of drug-likeness (QED) is 0.809.